The van der Waals surface area contributed by atoms with Gasteiger partial charge in [0.2, 0.25) is 5.91 Å². The van der Waals surface area contributed by atoms with E-state index in [1.54, 1.807) is 31.5 Å². The van der Waals surface area contributed by atoms with E-state index in [0.717, 1.165) is 28.1 Å². The topological polar surface area (TPSA) is 98.4 Å². The van der Waals surface area contributed by atoms with E-state index in [-0.39, 0.29) is 24.0 Å². The summed E-state index contributed by atoms with van der Waals surface area (Å²) in [4.78, 5) is 30.0. The van der Waals surface area contributed by atoms with Crippen LogP contribution in [-0.4, -0.2) is 28.5 Å². The molecule has 0 radical (unpaired) electrons. The van der Waals surface area contributed by atoms with Crippen LogP contribution in [0.15, 0.2) is 95.7 Å². The molecule has 5 rings (SSSR count). The summed E-state index contributed by atoms with van der Waals surface area (Å²) in [5, 5.41) is 6.80. The Bertz CT molecular complexity index is 1500. The number of furan rings is 1. The zero-order valence-corrected chi connectivity index (χ0v) is 20.5. The minimum Gasteiger partial charge on any atom is -0.497 e. The zero-order valence-electron chi connectivity index (χ0n) is 20.5. The summed E-state index contributed by atoms with van der Waals surface area (Å²) in [7, 11) is 3.51. The lowest BCUT2D eigenvalue weighted by atomic mass is 10.0. The standard InChI is InChI=1S/C29H26N4O4/c1-33-16-15-30-28(33)27(20-9-13-23(36-2)14-10-20)32-26(34)17-19-7-11-22(12-8-19)31-29(35)25-18-21-5-3-4-6-24(21)37-25/h3-16,18,27H,17H2,1-2H3,(H,31,35)(H,32,34). The highest BCUT2D eigenvalue weighted by atomic mass is 16.5. The largest absolute Gasteiger partial charge is 0.497 e. The van der Waals surface area contributed by atoms with Gasteiger partial charge in [0.1, 0.15) is 23.2 Å². The molecule has 0 bridgehead atoms. The molecule has 2 heterocycles. The molecule has 0 aliphatic rings. The number of rotatable bonds is 8. The van der Waals surface area contributed by atoms with Crippen molar-refractivity contribution in [2.45, 2.75) is 12.5 Å². The van der Waals surface area contributed by atoms with Gasteiger partial charge in [0.15, 0.2) is 5.76 Å². The number of anilines is 1. The minimum absolute atomic E-state index is 0.150. The predicted octanol–water partition coefficient (Wildman–Crippen LogP) is 4.88. The van der Waals surface area contributed by atoms with Gasteiger partial charge in [-0.2, -0.15) is 0 Å². The molecule has 0 fully saturated rings. The number of fused-ring (bicyclic) bond motifs is 1. The maximum Gasteiger partial charge on any atom is 0.291 e. The molecule has 2 N–H and O–H groups in total. The normalized spacial score (nSPS) is 11.7. The Morgan fingerprint density at radius 2 is 1.78 bits per heavy atom. The third-order valence-electron chi connectivity index (χ3n) is 6.10. The molecule has 8 heteroatoms. The number of hydrogen-bond donors (Lipinski definition) is 2. The second kappa shape index (κ2) is 10.4. The first-order valence-corrected chi connectivity index (χ1v) is 11.8. The number of para-hydroxylation sites is 1. The molecule has 0 aliphatic carbocycles. The Hall–Kier alpha value is -4.85. The van der Waals surface area contributed by atoms with Crippen LogP contribution in [0, 0.1) is 0 Å². The molecule has 0 saturated carbocycles. The van der Waals surface area contributed by atoms with Crippen molar-refractivity contribution in [3.63, 3.8) is 0 Å². The molecule has 5 aromatic rings. The third-order valence-corrected chi connectivity index (χ3v) is 6.10. The van der Waals surface area contributed by atoms with Gasteiger partial charge >= 0.3 is 0 Å². The molecule has 2 aromatic heterocycles. The van der Waals surface area contributed by atoms with Crippen molar-refractivity contribution in [3.05, 3.63) is 114 Å². The number of carbonyl (C=O) groups excluding carboxylic acids is 2. The van der Waals surface area contributed by atoms with Crippen molar-refractivity contribution in [2.75, 3.05) is 12.4 Å². The highest BCUT2D eigenvalue weighted by Gasteiger charge is 2.21. The van der Waals surface area contributed by atoms with E-state index >= 15 is 0 Å². The fourth-order valence-corrected chi connectivity index (χ4v) is 4.14. The SMILES string of the molecule is COc1ccc(C(NC(=O)Cc2ccc(NC(=O)c3cc4ccccc4o3)cc2)c2nccn2C)cc1. The average molecular weight is 495 g/mol. The Labute approximate surface area is 213 Å². The smallest absolute Gasteiger partial charge is 0.291 e. The Balaban J connectivity index is 1.25. The number of imidazole rings is 1. The molecule has 3 aromatic carbocycles. The summed E-state index contributed by atoms with van der Waals surface area (Å²) in [6.45, 7) is 0. The fraction of sp³-hybridized carbons (Fsp3) is 0.138. The van der Waals surface area contributed by atoms with Crippen LogP contribution in [0.25, 0.3) is 11.0 Å². The monoisotopic (exact) mass is 494 g/mol. The predicted molar refractivity (Wildman–Crippen MR) is 141 cm³/mol. The number of carbonyl (C=O) groups is 2. The average Bonchev–Trinajstić information content (AvgIpc) is 3.55. The van der Waals surface area contributed by atoms with Gasteiger partial charge in [-0.25, -0.2) is 4.98 Å². The maximum absolute atomic E-state index is 13.0. The van der Waals surface area contributed by atoms with E-state index in [1.165, 1.54) is 0 Å². The van der Waals surface area contributed by atoms with Gasteiger partial charge in [0, 0.05) is 30.5 Å². The van der Waals surface area contributed by atoms with Crippen molar-refractivity contribution >= 4 is 28.5 Å². The lowest BCUT2D eigenvalue weighted by Crippen LogP contribution is -2.32. The molecule has 1 atom stereocenters. The first kappa shape index (κ1) is 23.9. The molecule has 37 heavy (non-hydrogen) atoms. The molecular formula is C29H26N4O4. The van der Waals surface area contributed by atoms with E-state index in [1.807, 2.05) is 78.5 Å². The molecule has 0 saturated heterocycles. The van der Waals surface area contributed by atoms with Gasteiger partial charge < -0.3 is 24.4 Å². The summed E-state index contributed by atoms with van der Waals surface area (Å²) in [6, 6.07) is 23.5. The Morgan fingerprint density at radius 1 is 1.03 bits per heavy atom. The van der Waals surface area contributed by atoms with E-state index in [4.69, 9.17) is 9.15 Å². The highest BCUT2D eigenvalue weighted by molar-refractivity contribution is 6.04. The number of hydrogen-bond acceptors (Lipinski definition) is 5. The number of amides is 2. The first-order chi connectivity index (χ1) is 18.0. The van der Waals surface area contributed by atoms with Crippen LogP contribution in [0.5, 0.6) is 5.75 Å². The van der Waals surface area contributed by atoms with Crippen LogP contribution in [-0.2, 0) is 18.3 Å². The third kappa shape index (κ3) is 5.38. The van der Waals surface area contributed by atoms with Gasteiger partial charge in [-0.1, -0.05) is 42.5 Å². The molecular weight excluding hydrogens is 468 g/mol. The molecule has 2 amide bonds. The van der Waals surface area contributed by atoms with E-state index < -0.39 is 6.04 Å². The fourth-order valence-electron chi connectivity index (χ4n) is 4.14. The van der Waals surface area contributed by atoms with E-state index in [9.17, 15) is 9.59 Å². The lowest BCUT2D eigenvalue weighted by molar-refractivity contribution is -0.121. The number of nitrogens with one attached hydrogen (secondary N) is 2. The molecule has 1 unspecified atom stereocenters. The van der Waals surface area contributed by atoms with Crippen LogP contribution in [0.3, 0.4) is 0 Å². The quantitative estimate of drug-likeness (QED) is 0.321. The Kier molecular flexibility index (Phi) is 6.72. The minimum atomic E-state index is -0.416. The summed E-state index contributed by atoms with van der Waals surface area (Å²) in [5.74, 6) is 1.22. The number of nitrogens with zero attached hydrogens (tertiary/aromatic N) is 2. The number of ether oxygens (including phenoxy) is 1. The van der Waals surface area contributed by atoms with Gasteiger partial charge in [-0.15, -0.1) is 0 Å². The van der Waals surface area contributed by atoms with Crippen molar-refractivity contribution < 1.29 is 18.7 Å². The van der Waals surface area contributed by atoms with Crippen LogP contribution < -0.4 is 15.4 Å². The maximum atomic E-state index is 13.0. The first-order valence-electron chi connectivity index (χ1n) is 11.8. The number of aryl methyl sites for hydroxylation is 1. The summed E-state index contributed by atoms with van der Waals surface area (Å²) in [5.41, 5.74) is 2.98. The Morgan fingerprint density at radius 3 is 2.46 bits per heavy atom. The highest BCUT2D eigenvalue weighted by Crippen LogP contribution is 2.24. The molecule has 0 aliphatic heterocycles. The lowest BCUT2D eigenvalue weighted by Gasteiger charge is -2.19. The number of benzene rings is 3. The van der Waals surface area contributed by atoms with E-state index in [0.29, 0.717) is 11.3 Å². The molecule has 8 nitrogen and oxygen atoms in total. The van der Waals surface area contributed by atoms with Gasteiger partial charge in [-0.05, 0) is 47.5 Å². The molecule has 0 spiro atoms. The second-order valence-corrected chi connectivity index (χ2v) is 8.65. The van der Waals surface area contributed by atoms with Crippen LogP contribution in [0.4, 0.5) is 5.69 Å². The number of methoxy groups -OCH3 is 1. The second-order valence-electron chi connectivity index (χ2n) is 8.65. The summed E-state index contributed by atoms with van der Waals surface area (Å²) in [6.07, 6.45) is 3.72. The molecule has 186 valence electrons. The van der Waals surface area contributed by atoms with Gasteiger partial charge in [-0.3, -0.25) is 9.59 Å². The van der Waals surface area contributed by atoms with Crippen molar-refractivity contribution in [1.29, 1.82) is 0 Å². The van der Waals surface area contributed by atoms with E-state index in [2.05, 4.69) is 15.6 Å². The van der Waals surface area contributed by atoms with Crippen molar-refractivity contribution in [2.24, 2.45) is 7.05 Å². The van der Waals surface area contributed by atoms with Gasteiger partial charge in [0.25, 0.3) is 5.91 Å². The number of aromatic nitrogens is 2. The summed E-state index contributed by atoms with van der Waals surface area (Å²) >= 11 is 0. The van der Waals surface area contributed by atoms with Crippen LogP contribution in [0.2, 0.25) is 0 Å². The summed E-state index contributed by atoms with van der Waals surface area (Å²) < 4.78 is 12.8. The van der Waals surface area contributed by atoms with Crippen LogP contribution >= 0.6 is 0 Å². The zero-order chi connectivity index (χ0) is 25.8. The van der Waals surface area contributed by atoms with Crippen molar-refractivity contribution in [1.82, 2.24) is 14.9 Å². The van der Waals surface area contributed by atoms with Gasteiger partial charge in [0.05, 0.1) is 13.5 Å². The van der Waals surface area contributed by atoms with Crippen molar-refractivity contribution in [3.8, 4) is 5.75 Å². The van der Waals surface area contributed by atoms with Crippen LogP contribution in [0.1, 0.15) is 33.5 Å².